The number of hydrogen-bond acceptors (Lipinski definition) is 5. The van der Waals surface area contributed by atoms with Crippen LogP contribution in [0.2, 0.25) is 0 Å². The van der Waals surface area contributed by atoms with Crippen molar-refractivity contribution in [2.24, 2.45) is 0 Å². The lowest BCUT2D eigenvalue weighted by atomic mass is 9.92. The van der Waals surface area contributed by atoms with Crippen LogP contribution in [0.3, 0.4) is 0 Å². The summed E-state index contributed by atoms with van der Waals surface area (Å²) in [4.78, 5) is 36.2. The zero-order valence-electron chi connectivity index (χ0n) is 15.9. The minimum Gasteiger partial charge on any atom is -0.321 e. The van der Waals surface area contributed by atoms with Crippen molar-refractivity contribution in [1.29, 1.82) is 0 Å². The van der Waals surface area contributed by atoms with E-state index in [1.807, 2.05) is 10.9 Å². The van der Waals surface area contributed by atoms with Crippen LogP contribution in [0.5, 0.6) is 0 Å². The van der Waals surface area contributed by atoms with Gasteiger partial charge in [-0.2, -0.15) is 5.10 Å². The molecule has 2 aliphatic heterocycles. The zero-order valence-corrected chi connectivity index (χ0v) is 16.7. The van der Waals surface area contributed by atoms with Crippen molar-refractivity contribution >= 4 is 35.9 Å². The predicted octanol–water partition coefficient (Wildman–Crippen LogP) is 1.54. The fourth-order valence-electron chi connectivity index (χ4n) is 3.57. The lowest BCUT2D eigenvalue weighted by Gasteiger charge is -2.23. The number of imide groups is 1. The number of benzene rings is 1. The summed E-state index contributed by atoms with van der Waals surface area (Å²) in [5.41, 5.74) is 0.251. The number of hydrogen-bond donors (Lipinski definition) is 4. The van der Waals surface area contributed by atoms with E-state index in [1.54, 1.807) is 37.3 Å². The van der Waals surface area contributed by atoms with E-state index in [4.69, 9.17) is 0 Å². The smallest absolute Gasteiger partial charge is 0.321 e. The van der Waals surface area contributed by atoms with Crippen molar-refractivity contribution in [2.45, 2.75) is 31.3 Å². The van der Waals surface area contributed by atoms with Crippen LogP contribution in [-0.4, -0.2) is 40.7 Å². The van der Waals surface area contributed by atoms with E-state index in [2.05, 4.69) is 26.4 Å². The second-order valence-corrected chi connectivity index (χ2v) is 7.25. The van der Waals surface area contributed by atoms with Crippen molar-refractivity contribution in [3.8, 4) is 0 Å². The Labute approximate surface area is 174 Å². The molecule has 4 amide bonds. The molecule has 10 heteroatoms. The summed E-state index contributed by atoms with van der Waals surface area (Å²) in [7, 11) is 0. The van der Waals surface area contributed by atoms with Gasteiger partial charge in [-0.05, 0) is 50.1 Å². The van der Waals surface area contributed by atoms with Crippen molar-refractivity contribution in [3.05, 3.63) is 47.8 Å². The van der Waals surface area contributed by atoms with Crippen molar-refractivity contribution in [1.82, 2.24) is 25.7 Å². The van der Waals surface area contributed by atoms with Crippen molar-refractivity contribution < 1.29 is 14.4 Å². The van der Waals surface area contributed by atoms with E-state index in [1.165, 1.54) is 0 Å². The molecule has 0 radical (unpaired) electrons. The van der Waals surface area contributed by atoms with Crippen LogP contribution in [-0.2, 0) is 10.3 Å². The van der Waals surface area contributed by atoms with Gasteiger partial charge in [-0.3, -0.25) is 19.6 Å². The molecule has 29 heavy (non-hydrogen) atoms. The van der Waals surface area contributed by atoms with Crippen LogP contribution in [0, 0.1) is 0 Å². The Hall–Kier alpha value is -2.91. The molecule has 0 bridgehead atoms. The fraction of sp³-hybridized carbons (Fsp3) is 0.368. The maximum atomic E-state index is 12.6. The van der Waals surface area contributed by atoms with E-state index >= 15 is 0 Å². The van der Waals surface area contributed by atoms with Gasteiger partial charge in [0.2, 0.25) is 0 Å². The summed E-state index contributed by atoms with van der Waals surface area (Å²) < 4.78 is 1.83. The van der Waals surface area contributed by atoms with E-state index in [9.17, 15) is 14.4 Å². The molecule has 1 aromatic carbocycles. The van der Waals surface area contributed by atoms with Crippen molar-refractivity contribution in [2.75, 3.05) is 18.4 Å². The van der Waals surface area contributed by atoms with Gasteiger partial charge in [0, 0.05) is 18.4 Å². The number of rotatable bonds is 4. The Bertz CT molecular complexity index is 940. The molecule has 2 fully saturated rings. The van der Waals surface area contributed by atoms with Gasteiger partial charge in [-0.25, -0.2) is 4.79 Å². The summed E-state index contributed by atoms with van der Waals surface area (Å²) in [5.74, 6) is -0.759. The molecule has 2 atom stereocenters. The molecule has 2 aliphatic rings. The largest absolute Gasteiger partial charge is 0.322 e. The second-order valence-electron chi connectivity index (χ2n) is 7.25. The standard InChI is InChI=1S/C19H22N6O3.ClH/c1-19(17(27)22-18(28)23-19)12-4-2-5-13(10-12)21-16(26)15-7-9-25(24-15)14-6-3-8-20-11-14;/h2,4-5,7,9-10,14,20H,3,6,8,11H2,1H3,(H,21,26)(H2,22,23,27,28);1H. The van der Waals surface area contributed by atoms with E-state index in [-0.39, 0.29) is 24.4 Å². The quantitative estimate of drug-likeness (QED) is 0.562. The average molecular weight is 419 g/mol. The molecule has 4 N–H and O–H groups in total. The number of piperidine rings is 1. The van der Waals surface area contributed by atoms with Crippen LogP contribution in [0.1, 0.15) is 41.9 Å². The van der Waals surface area contributed by atoms with Gasteiger partial charge < -0.3 is 16.0 Å². The van der Waals surface area contributed by atoms with Crippen LogP contribution in [0.15, 0.2) is 36.5 Å². The number of urea groups is 1. The molecule has 2 unspecified atom stereocenters. The summed E-state index contributed by atoms with van der Waals surface area (Å²) in [6, 6.07) is 8.26. The summed E-state index contributed by atoms with van der Waals surface area (Å²) >= 11 is 0. The minimum atomic E-state index is -1.17. The second kappa shape index (κ2) is 8.22. The van der Waals surface area contributed by atoms with Crippen LogP contribution >= 0.6 is 12.4 Å². The number of halogens is 1. The molecular weight excluding hydrogens is 396 g/mol. The number of nitrogens with one attached hydrogen (secondary N) is 4. The topological polar surface area (TPSA) is 117 Å². The highest BCUT2D eigenvalue weighted by Gasteiger charge is 2.43. The van der Waals surface area contributed by atoms with E-state index in [0.717, 1.165) is 25.9 Å². The monoisotopic (exact) mass is 418 g/mol. The lowest BCUT2D eigenvalue weighted by molar-refractivity contribution is -0.123. The molecule has 0 spiro atoms. The Balaban J connectivity index is 0.00000240. The number of carbonyl (C=O) groups is 3. The highest BCUT2D eigenvalue weighted by molar-refractivity contribution is 6.07. The fourth-order valence-corrected chi connectivity index (χ4v) is 3.57. The molecule has 2 saturated heterocycles. The lowest BCUT2D eigenvalue weighted by Crippen LogP contribution is -2.40. The third-order valence-corrected chi connectivity index (χ3v) is 5.23. The molecule has 0 saturated carbocycles. The van der Waals surface area contributed by atoms with Gasteiger partial charge >= 0.3 is 6.03 Å². The van der Waals surface area contributed by atoms with Gasteiger partial charge in [0.25, 0.3) is 11.8 Å². The minimum absolute atomic E-state index is 0. The van der Waals surface area contributed by atoms with E-state index in [0.29, 0.717) is 16.9 Å². The third-order valence-electron chi connectivity index (χ3n) is 5.23. The molecule has 3 heterocycles. The van der Waals surface area contributed by atoms with Crippen molar-refractivity contribution in [3.63, 3.8) is 0 Å². The first-order valence-corrected chi connectivity index (χ1v) is 9.27. The molecule has 2 aromatic rings. The number of aromatic nitrogens is 2. The molecule has 154 valence electrons. The Kier molecular flexibility index (Phi) is 5.90. The number of amides is 4. The number of anilines is 1. The first-order chi connectivity index (χ1) is 13.5. The maximum Gasteiger partial charge on any atom is 0.322 e. The first kappa shape index (κ1) is 20.8. The van der Waals surface area contributed by atoms with Gasteiger partial charge in [0.05, 0.1) is 6.04 Å². The molecule has 0 aliphatic carbocycles. The predicted molar refractivity (Wildman–Crippen MR) is 109 cm³/mol. The van der Waals surface area contributed by atoms with Gasteiger partial charge in [0.1, 0.15) is 5.54 Å². The van der Waals surface area contributed by atoms with Crippen LogP contribution in [0.4, 0.5) is 10.5 Å². The first-order valence-electron chi connectivity index (χ1n) is 9.27. The Morgan fingerprint density at radius 1 is 1.31 bits per heavy atom. The van der Waals surface area contributed by atoms with Crippen LogP contribution in [0.25, 0.3) is 0 Å². The van der Waals surface area contributed by atoms with E-state index < -0.39 is 17.5 Å². The summed E-state index contributed by atoms with van der Waals surface area (Å²) in [6.07, 6.45) is 3.94. The molecule has 1 aromatic heterocycles. The third kappa shape index (κ3) is 4.10. The average Bonchev–Trinajstić information content (AvgIpc) is 3.28. The summed E-state index contributed by atoms with van der Waals surface area (Å²) in [6.45, 7) is 3.48. The maximum absolute atomic E-state index is 12.6. The molecule has 4 rings (SSSR count). The van der Waals surface area contributed by atoms with Gasteiger partial charge in [-0.1, -0.05) is 12.1 Å². The van der Waals surface area contributed by atoms with Gasteiger partial charge in [0.15, 0.2) is 5.69 Å². The van der Waals surface area contributed by atoms with Crippen LogP contribution < -0.4 is 21.3 Å². The number of carbonyl (C=O) groups excluding carboxylic acids is 3. The SMILES string of the molecule is CC1(c2cccc(NC(=O)c3ccn(C4CCCNC4)n3)c2)NC(=O)NC1=O.Cl. The highest BCUT2D eigenvalue weighted by atomic mass is 35.5. The Morgan fingerprint density at radius 3 is 2.83 bits per heavy atom. The normalized spacial score (nSPS) is 23.7. The molecule has 9 nitrogen and oxygen atoms in total. The number of nitrogens with zero attached hydrogens (tertiary/aromatic N) is 2. The Morgan fingerprint density at radius 2 is 2.14 bits per heavy atom. The zero-order chi connectivity index (χ0) is 19.7. The highest BCUT2D eigenvalue weighted by Crippen LogP contribution is 2.26. The molecular formula is C19H23ClN6O3. The summed E-state index contributed by atoms with van der Waals surface area (Å²) in [5, 5.41) is 15.4. The van der Waals surface area contributed by atoms with Gasteiger partial charge in [-0.15, -0.1) is 12.4 Å².